The van der Waals surface area contributed by atoms with E-state index < -0.39 is 0 Å². The molecule has 1 amide bonds. The van der Waals surface area contributed by atoms with Crippen LogP contribution < -0.4 is 0 Å². The van der Waals surface area contributed by atoms with Crippen LogP contribution in [0.1, 0.15) is 29.7 Å². The van der Waals surface area contributed by atoms with Gasteiger partial charge in [-0.15, -0.1) is 10.2 Å². The molecule has 126 valence electrons. The van der Waals surface area contributed by atoms with E-state index in [2.05, 4.69) is 43.9 Å². The largest absolute Gasteiger partial charge is 0.337 e. The summed E-state index contributed by atoms with van der Waals surface area (Å²) >= 11 is 0. The number of hydrogen-bond donors (Lipinski definition) is 0. The summed E-state index contributed by atoms with van der Waals surface area (Å²) in [5.74, 6) is 2.13. The van der Waals surface area contributed by atoms with Crippen LogP contribution in [0.2, 0.25) is 0 Å². The van der Waals surface area contributed by atoms with Crippen LogP contribution in [0.15, 0.2) is 24.3 Å². The number of nitrogens with zero attached hydrogens (tertiary/aromatic N) is 5. The summed E-state index contributed by atoms with van der Waals surface area (Å²) in [4.78, 5) is 17.2. The maximum absolute atomic E-state index is 13.0. The predicted molar refractivity (Wildman–Crippen MR) is 90.2 cm³/mol. The van der Waals surface area contributed by atoms with Gasteiger partial charge in [0.05, 0.1) is 12.6 Å². The van der Waals surface area contributed by atoms with Gasteiger partial charge in [0, 0.05) is 26.2 Å². The van der Waals surface area contributed by atoms with Crippen LogP contribution in [0.5, 0.6) is 0 Å². The minimum atomic E-state index is -0.124. The maximum Gasteiger partial charge on any atom is 0.239 e. The van der Waals surface area contributed by atoms with Gasteiger partial charge in [-0.25, -0.2) is 0 Å². The molecule has 6 heteroatoms. The summed E-state index contributed by atoms with van der Waals surface area (Å²) in [6.07, 6.45) is 0.947. The average molecular weight is 325 g/mol. The Labute approximate surface area is 142 Å². The van der Waals surface area contributed by atoms with E-state index in [1.54, 1.807) is 0 Å². The van der Waals surface area contributed by atoms with Gasteiger partial charge in [0.2, 0.25) is 5.91 Å². The zero-order valence-electron chi connectivity index (χ0n) is 14.3. The minimum Gasteiger partial charge on any atom is -0.337 e. The first-order valence-electron chi connectivity index (χ1n) is 8.62. The Balaban J connectivity index is 1.45. The van der Waals surface area contributed by atoms with Gasteiger partial charge in [-0.3, -0.25) is 9.69 Å². The van der Waals surface area contributed by atoms with Crippen molar-refractivity contribution in [1.82, 2.24) is 24.6 Å². The molecule has 6 nitrogen and oxygen atoms in total. The topological polar surface area (TPSA) is 54.3 Å². The minimum absolute atomic E-state index is 0.124. The van der Waals surface area contributed by atoms with Crippen molar-refractivity contribution in [2.45, 2.75) is 45.9 Å². The van der Waals surface area contributed by atoms with E-state index >= 15 is 0 Å². The smallest absolute Gasteiger partial charge is 0.239 e. The van der Waals surface area contributed by atoms with Crippen LogP contribution in [0.25, 0.3) is 0 Å². The van der Waals surface area contributed by atoms with E-state index in [1.807, 2.05) is 18.7 Å². The van der Waals surface area contributed by atoms with Crippen molar-refractivity contribution in [3.05, 3.63) is 47.0 Å². The Hall–Kier alpha value is -2.21. The zero-order valence-corrected chi connectivity index (χ0v) is 14.3. The number of amides is 1. The molecule has 2 aliphatic heterocycles. The third-order valence-electron chi connectivity index (χ3n) is 5.32. The molecule has 1 atom stereocenters. The lowest BCUT2D eigenvalue weighted by Gasteiger charge is -2.36. The van der Waals surface area contributed by atoms with Gasteiger partial charge in [-0.05, 0) is 31.4 Å². The number of carbonyl (C=O) groups is 1. The normalized spacial score (nSPS) is 18.8. The summed E-state index contributed by atoms with van der Waals surface area (Å²) < 4.78 is 2.14. The van der Waals surface area contributed by atoms with E-state index in [9.17, 15) is 4.79 Å². The highest BCUT2D eigenvalue weighted by Crippen LogP contribution is 2.21. The molecule has 0 radical (unpaired) electrons. The molecule has 1 unspecified atom stereocenters. The fourth-order valence-electron chi connectivity index (χ4n) is 3.76. The van der Waals surface area contributed by atoms with Crippen LogP contribution >= 0.6 is 0 Å². The van der Waals surface area contributed by atoms with Crippen LogP contribution in [-0.2, 0) is 30.8 Å². The van der Waals surface area contributed by atoms with Gasteiger partial charge in [0.15, 0.2) is 0 Å². The zero-order chi connectivity index (χ0) is 16.7. The van der Waals surface area contributed by atoms with Gasteiger partial charge in [-0.2, -0.15) is 0 Å². The summed E-state index contributed by atoms with van der Waals surface area (Å²) in [6.45, 7) is 7.94. The van der Waals surface area contributed by atoms with E-state index in [-0.39, 0.29) is 11.9 Å². The number of aryl methyl sites for hydroxylation is 1. The molecule has 1 aromatic carbocycles. The van der Waals surface area contributed by atoms with Crippen LogP contribution in [0.3, 0.4) is 0 Å². The van der Waals surface area contributed by atoms with Crippen molar-refractivity contribution in [3.8, 4) is 0 Å². The summed E-state index contributed by atoms with van der Waals surface area (Å²) in [5, 5.41) is 8.38. The molecule has 0 saturated heterocycles. The second-order valence-electron chi connectivity index (χ2n) is 6.74. The molecule has 0 fully saturated rings. The molecule has 2 aliphatic rings. The van der Waals surface area contributed by atoms with E-state index in [4.69, 9.17) is 0 Å². The number of fused-ring (bicyclic) bond motifs is 2. The Morgan fingerprint density at radius 1 is 1.08 bits per heavy atom. The Kier molecular flexibility index (Phi) is 3.84. The average Bonchev–Trinajstić information content (AvgIpc) is 3.00. The summed E-state index contributed by atoms with van der Waals surface area (Å²) in [7, 11) is 0. The highest BCUT2D eigenvalue weighted by Gasteiger charge is 2.31. The van der Waals surface area contributed by atoms with Gasteiger partial charge in [0.25, 0.3) is 0 Å². The van der Waals surface area contributed by atoms with Crippen LogP contribution in [0.4, 0.5) is 0 Å². The van der Waals surface area contributed by atoms with Gasteiger partial charge < -0.3 is 9.47 Å². The summed E-state index contributed by atoms with van der Waals surface area (Å²) in [5.41, 5.74) is 2.65. The Morgan fingerprint density at radius 3 is 2.71 bits per heavy atom. The maximum atomic E-state index is 13.0. The summed E-state index contributed by atoms with van der Waals surface area (Å²) in [6, 6.07) is 8.30. The van der Waals surface area contributed by atoms with E-state index in [0.717, 1.165) is 44.2 Å². The quantitative estimate of drug-likeness (QED) is 0.837. The van der Waals surface area contributed by atoms with Crippen molar-refractivity contribution in [2.24, 2.45) is 0 Å². The van der Waals surface area contributed by atoms with E-state index in [0.29, 0.717) is 6.54 Å². The molecule has 4 rings (SSSR count). The molecule has 2 aromatic rings. The van der Waals surface area contributed by atoms with E-state index in [1.165, 1.54) is 11.1 Å². The van der Waals surface area contributed by atoms with Crippen molar-refractivity contribution in [1.29, 1.82) is 0 Å². The highest BCUT2D eigenvalue weighted by atomic mass is 16.2. The Bertz CT molecular complexity index is 769. The number of hydrogen-bond acceptors (Lipinski definition) is 4. The van der Waals surface area contributed by atoms with Crippen molar-refractivity contribution >= 4 is 5.91 Å². The van der Waals surface area contributed by atoms with Crippen molar-refractivity contribution in [3.63, 3.8) is 0 Å². The number of carbonyl (C=O) groups excluding carboxylic acids is 1. The first kappa shape index (κ1) is 15.3. The van der Waals surface area contributed by atoms with Crippen LogP contribution in [0, 0.1) is 6.92 Å². The lowest BCUT2D eigenvalue weighted by Crippen LogP contribution is -2.50. The van der Waals surface area contributed by atoms with Crippen LogP contribution in [-0.4, -0.2) is 49.6 Å². The van der Waals surface area contributed by atoms with Crippen molar-refractivity contribution in [2.75, 3.05) is 13.1 Å². The first-order valence-corrected chi connectivity index (χ1v) is 8.62. The molecule has 0 spiro atoms. The Morgan fingerprint density at radius 2 is 1.88 bits per heavy atom. The molecule has 0 N–H and O–H groups in total. The molecule has 3 heterocycles. The number of benzene rings is 1. The predicted octanol–water partition coefficient (Wildman–Crippen LogP) is 1.38. The molecular weight excluding hydrogens is 302 g/mol. The monoisotopic (exact) mass is 325 g/mol. The molecular formula is C18H23N5O. The third kappa shape index (κ3) is 2.60. The molecule has 0 saturated carbocycles. The standard InChI is InChI=1S/C18H23N5O/c1-13(21-9-10-23-14(2)19-20-17(23)12-21)18(24)22-8-7-15-5-3-4-6-16(15)11-22/h3-6,13H,7-12H2,1-2H3. The molecule has 24 heavy (non-hydrogen) atoms. The molecule has 0 aliphatic carbocycles. The molecule has 0 bridgehead atoms. The fourth-order valence-corrected chi connectivity index (χ4v) is 3.76. The first-order chi connectivity index (χ1) is 11.6. The second-order valence-corrected chi connectivity index (χ2v) is 6.74. The third-order valence-corrected chi connectivity index (χ3v) is 5.32. The van der Waals surface area contributed by atoms with Gasteiger partial charge >= 0.3 is 0 Å². The van der Waals surface area contributed by atoms with Gasteiger partial charge in [0.1, 0.15) is 11.6 Å². The lowest BCUT2D eigenvalue weighted by molar-refractivity contribution is -0.138. The highest BCUT2D eigenvalue weighted by molar-refractivity contribution is 5.81. The second kappa shape index (κ2) is 6.02. The fraction of sp³-hybridized carbons (Fsp3) is 0.500. The lowest BCUT2D eigenvalue weighted by atomic mass is 9.99. The molecule has 1 aromatic heterocycles. The SMILES string of the molecule is Cc1nnc2n1CCN(C(C)C(=O)N1CCc3ccccc3C1)C2. The van der Waals surface area contributed by atoms with Gasteiger partial charge in [-0.1, -0.05) is 24.3 Å². The number of aromatic nitrogens is 3. The number of rotatable bonds is 2. The van der Waals surface area contributed by atoms with Crippen molar-refractivity contribution < 1.29 is 4.79 Å².